The molecule has 0 radical (unpaired) electrons. The number of nitrogens with zero attached hydrogens (tertiary/aromatic N) is 5. The number of carbonyl (C=O) groups is 1. The van der Waals surface area contributed by atoms with Crippen molar-refractivity contribution in [2.45, 2.75) is 39.3 Å². The van der Waals surface area contributed by atoms with Gasteiger partial charge in [-0.15, -0.1) is 0 Å². The molecule has 3 aromatic rings. The molecule has 0 aliphatic carbocycles. The fraction of sp³-hybridized carbons (Fsp3) is 0.500. The number of ether oxygens (including phenoxy) is 2. The van der Waals surface area contributed by atoms with E-state index >= 15 is 0 Å². The van der Waals surface area contributed by atoms with Crippen LogP contribution in [0, 0.1) is 0 Å². The van der Waals surface area contributed by atoms with E-state index in [1.54, 1.807) is 24.3 Å². The highest BCUT2D eigenvalue weighted by atomic mass is 19.4. The van der Waals surface area contributed by atoms with Crippen LogP contribution in [0.25, 0.3) is 5.65 Å². The molecule has 206 valence electrons. The van der Waals surface area contributed by atoms with Crippen molar-refractivity contribution in [3.63, 3.8) is 0 Å². The predicted molar refractivity (Wildman–Crippen MR) is 138 cm³/mol. The summed E-state index contributed by atoms with van der Waals surface area (Å²) >= 11 is 0. The second kappa shape index (κ2) is 11.1. The first-order chi connectivity index (χ1) is 18.0. The Bertz CT molecular complexity index is 1260. The number of alkyl halides is 3. The van der Waals surface area contributed by atoms with Crippen molar-refractivity contribution in [3.8, 4) is 5.75 Å². The van der Waals surface area contributed by atoms with Crippen molar-refractivity contribution in [2.75, 3.05) is 56.2 Å². The van der Waals surface area contributed by atoms with E-state index in [1.165, 1.54) is 4.52 Å². The van der Waals surface area contributed by atoms with E-state index in [-0.39, 0.29) is 17.7 Å². The number of anilines is 2. The molecule has 0 spiro atoms. The number of hydrogen-bond acceptors (Lipinski definition) is 7. The minimum Gasteiger partial charge on any atom is -0.492 e. The normalized spacial score (nSPS) is 15.1. The van der Waals surface area contributed by atoms with Gasteiger partial charge in [0.2, 0.25) is 0 Å². The van der Waals surface area contributed by atoms with Crippen molar-refractivity contribution in [1.82, 2.24) is 19.5 Å². The lowest BCUT2D eigenvalue weighted by atomic mass is 9.93. The number of para-hydroxylation sites is 2. The Balaban J connectivity index is 1.36. The summed E-state index contributed by atoms with van der Waals surface area (Å²) in [5.41, 5.74) is 0.103. The molecular weight excluding hydrogens is 501 g/mol. The third-order valence-electron chi connectivity index (χ3n) is 6.23. The van der Waals surface area contributed by atoms with Gasteiger partial charge in [0, 0.05) is 50.3 Å². The Morgan fingerprint density at radius 3 is 2.42 bits per heavy atom. The number of hydrogen-bond donors (Lipinski definition) is 1. The minimum atomic E-state index is -4.56. The number of rotatable bonds is 7. The summed E-state index contributed by atoms with van der Waals surface area (Å²) in [5.74, 6) is 0.926. The highest BCUT2D eigenvalue weighted by Crippen LogP contribution is 2.33. The summed E-state index contributed by atoms with van der Waals surface area (Å²) in [7, 11) is 0. The lowest BCUT2D eigenvalue weighted by molar-refractivity contribution is -0.141. The largest absolute Gasteiger partial charge is 0.492 e. The molecule has 3 heterocycles. The third-order valence-corrected chi connectivity index (χ3v) is 6.23. The quantitative estimate of drug-likeness (QED) is 0.466. The van der Waals surface area contributed by atoms with Gasteiger partial charge in [0.05, 0.1) is 18.0 Å². The van der Waals surface area contributed by atoms with Crippen LogP contribution in [0.15, 0.2) is 36.4 Å². The Hall–Kier alpha value is -3.54. The first-order valence-corrected chi connectivity index (χ1v) is 12.6. The lowest BCUT2D eigenvalue weighted by Gasteiger charge is -2.36. The van der Waals surface area contributed by atoms with E-state index in [0.717, 1.165) is 6.07 Å². The Labute approximate surface area is 219 Å². The zero-order chi connectivity index (χ0) is 27.5. The molecule has 1 aliphatic rings. The Kier molecular flexibility index (Phi) is 8.00. The van der Waals surface area contributed by atoms with Gasteiger partial charge in [-0.3, -0.25) is 10.2 Å². The lowest BCUT2D eigenvalue weighted by Crippen LogP contribution is -2.48. The molecular formula is C26H33F3N6O3. The van der Waals surface area contributed by atoms with Gasteiger partial charge in [-0.05, 0) is 19.1 Å². The van der Waals surface area contributed by atoms with Crippen molar-refractivity contribution in [2.24, 2.45) is 0 Å². The van der Waals surface area contributed by atoms with Crippen molar-refractivity contribution >= 4 is 23.2 Å². The average Bonchev–Trinajstić information content (AvgIpc) is 3.30. The minimum absolute atomic E-state index is 0.174. The summed E-state index contributed by atoms with van der Waals surface area (Å²) in [6, 6.07) is 9.78. The first-order valence-electron chi connectivity index (χ1n) is 12.6. The van der Waals surface area contributed by atoms with Gasteiger partial charge in [0.1, 0.15) is 18.2 Å². The van der Waals surface area contributed by atoms with Crippen molar-refractivity contribution < 1.29 is 27.4 Å². The number of amides is 1. The van der Waals surface area contributed by atoms with E-state index in [4.69, 9.17) is 9.47 Å². The zero-order valence-corrected chi connectivity index (χ0v) is 22.0. The van der Waals surface area contributed by atoms with Crippen LogP contribution in [0.2, 0.25) is 0 Å². The predicted octanol–water partition coefficient (Wildman–Crippen LogP) is 4.82. The van der Waals surface area contributed by atoms with Crippen LogP contribution in [0.4, 0.5) is 29.5 Å². The van der Waals surface area contributed by atoms with Gasteiger partial charge >= 0.3 is 12.3 Å². The van der Waals surface area contributed by atoms with Crippen LogP contribution >= 0.6 is 0 Å². The first kappa shape index (κ1) is 27.5. The van der Waals surface area contributed by atoms with Gasteiger partial charge in [-0.25, -0.2) is 9.78 Å². The summed E-state index contributed by atoms with van der Waals surface area (Å²) in [6.07, 6.45) is -5.14. The van der Waals surface area contributed by atoms with E-state index in [0.29, 0.717) is 62.3 Å². The molecule has 12 heteroatoms. The number of benzene rings is 1. The second-order valence-electron chi connectivity index (χ2n) is 10.1. The van der Waals surface area contributed by atoms with Crippen LogP contribution in [0.3, 0.4) is 0 Å². The van der Waals surface area contributed by atoms with E-state index in [1.807, 2.05) is 38.7 Å². The van der Waals surface area contributed by atoms with Gasteiger partial charge in [-0.2, -0.15) is 22.8 Å². The van der Waals surface area contributed by atoms with E-state index in [9.17, 15) is 18.0 Å². The Morgan fingerprint density at radius 1 is 1.05 bits per heavy atom. The van der Waals surface area contributed by atoms with Crippen LogP contribution in [0.5, 0.6) is 5.75 Å². The van der Waals surface area contributed by atoms with Crippen molar-refractivity contribution in [1.29, 1.82) is 0 Å². The second-order valence-corrected chi connectivity index (χ2v) is 10.1. The van der Waals surface area contributed by atoms with Gasteiger partial charge < -0.3 is 14.4 Å². The maximum atomic E-state index is 13.6. The standard InChI is InChI=1S/C26H33F3N6O3/c1-5-37-19-9-7-6-8-18(19)30-24(36)38-15-14-33-10-12-34(13-11-33)23-17-21(26(27,28)29)31-22-16-20(25(2,3)4)32-35(22)23/h6-9,16-17H,5,10-15H2,1-4H3,(H,30,36). The molecule has 0 saturated carbocycles. The molecule has 38 heavy (non-hydrogen) atoms. The molecule has 9 nitrogen and oxygen atoms in total. The van der Waals surface area contributed by atoms with Gasteiger partial charge in [-0.1, -0.05) is 32.9 Å². The molecule has 1 N–H and O–H groups in total. The highest BCUT2D eigenvalue weighted by molar-refractivity contribution is 5.86. The maximum Gasteiger partial charge on any atom is 0.433 e. The summed E-state index contributed by atoms with van der Waals surface area (Å²) < 4.78 is 53.1. The molecule has 1 aliphatic heterocycles. The van der Waals surface area contributed by atoms with Crippen LogP contribution in [-0.2, 0) is 16.3 Å². The number of piperazine rings is 1. The number of halogens is 3. The summed E-state index contributed by atoms with van der Waals surface area (Å²) in [5, 5.41) is 7.27. The molecule has 2 aromatic heterocycles. The zero-order valence-electron chi connectivity index (χ0n) is 22.0. The SMILES string of the molecule is CCOc1ccccc1NC(=O)OCCN1CCN(c2cc(C(F)(F)F)nc3cc(C(C)(C)C)nn23)CC1. The third kappa shape index (κ3) is 6.47. The Morgan fingerprint density at radius 2 is 1.76 bits per heavy atom. The van der Waals surface area contributed by atoms with E-state index < -0.39 is 18.0 Å². The summed E-state index contributed by atoms with van der Waals surface area (Å²) in [6.45, 7) is 11.1. The fourth-order valence-corrected chi connectivity index (χ4v) is 4.16. The molecule has 0 bridgehead atoms. The summed E-state index contributed by atoms with van der Waals surface area (Å²) in [4.78, 5) is 20.1. The molecule has 1 saturated heterocycles. The van der Waals surface area contributed by atoms with E-state index in [2.05, 4.69) is 20.3 Å². The number of nitrogens with one attached hydrogen (secondary N) is 1. The molecule has 1 amide bonds. The molecule has 0 unspecified atom stereocenters. The average molecular weight is 535 g/mol. The number of fused-ring (bicyclic) bond motifs is 1. The monoisotopic (exact) mass is 534 g/mol. The molecule has 1 aromatic carbocycles. The smallest absolute Gasteiger partial charge is 0.433 e. The maximum absolute atomic E-state index is 13.6. The van der Waals surface area contributed by atoms with Crippen LogP contribution < -0.4 is 15.0 Å². The van der Waals surface area contributed by atoms with Gasteiger partial charge in [0.15, 0.2) is 11.3 Å². The fourth-order valence-electron chi connectivity index (χ4n) is 4.16. The number of aromatic nitrogens is 3. The molecule has 4 rings (SSSR count). The topological polar surface area (TPSA) is 84.2 Å². The molecule has 1 fully saturated rings. The van der Waals surface area contributed by atoms with Crippen LogP contribution in [0.1, 0.15) is 39.1 Å². The van der Waals surface area contributed by atoms with Crippen molar-refractivity contribution in [3.05, 3.63) is 47.8 Å². The van der Waals surface area contributed by atoms with Gasteiger partial charge in [0.25, 0.3) is 0 Å². The highest BCUT2D eigenvalue weighted by Gasteiger charge is 2.35. The van der Waals surface area contributed by atoms with Crippen LogP contribution in [-0.4, -0.2) is 71.5 Å². The number of carbonyl (C=O) groups excluding carboxylic acids is 1. The molecule has 0 atom stereocenters.